The number of nitrogens with zero attached hydrogens (tertiary/aromatic N) is 4. The molecule has 0 N–H and O–H groups in total. The summed E-state index contributed by atoms with van der Waals surface area (Å²) in [5, 5.41) is 1.67. The van der Waals surface area contributed by atoms with Gasteiger partial charge in [-0.25, -0.2) is 9.97 Å². The highest BCUT2D eigenvalue weighted by atomic mass is 16.2. The van der Waals surface area contributed by atoms with E-state index in [1.807, 2.05) is 70.5 Å². The zero-order valence-corrected chi connectivity index (χ0v) is 26.2. The number of piperazine rings is 1. The third-order valence-corrected chi connectivity index (χ3v) is 9.06. The monoisotopic (exact) mass is 604 g/mol. The summed E-state index contributed by atoms with van der Waals surface area (Å²) in [4.78, 5) is 41.6. The molecule has 1 aliphatic heterocycles. The van der Waals surface area contributed by atoms with E-state index < -0.39 is 0 Å². The average Bonchev–Trinajstić information content (AvgIpc) is 3.13. The van der Waals surface area contributed by atoms with Gasteiger partial charge in [-0.3, -0.25) is 9.59 Å². The van der Waals surface area contributed by atoms with Gasteiger partial charge in [-0.2, -0.15) is 0 Å². The molecule has 1 fully saturated rings. The van der Waals surface area contributed by atoms with Gasteiger partial charge in [0.25, 0.3) is 11.8 Å². The molecule has 0 spiro atoms. The molecule has 1 saturated heterocycles. The third kappa shape index (κ3) is 5.63. The Balaban J connectivity index is 1.14. The standard InChI is InChI=1S/C40H36N4O2/c1-3-27-13-17-29(18-14-27)37-25-33(31-9-5-7-11-35(31)41-37)39(45)43-21-23-44(24-22-43)40(46)34-26-38(30-19-15-28(4-2)16-20-30)42-36-12-8-6-10-32(34)36/h5-20,25-26H,3-4,21-24H2,1-2H3. The Bertz CT molecular complexity index is 1910. The van der Waals surface area contributed by atoms with Crippen LogP contribution < -0.4 is 0 Å². The van der Waals surface area contributed by atoms with Crippen LogP contribution in [0.3, 0.4) is 0 Å². The lowest BCUT2D eigenvalue weighted by Gasteiger charge is -2.35. The van der Waals surface area contributed by atoms with E-state index >= 15 is 0 Å². The zero-order chi connectivity index (χ0) is 31.6. The maximum atomic E-state index is 14.1. The second kappa shape index (κ2) is 12.6. The molecule has 228 valence electrons. The number of hydrogen-bond acceptors (Lipinski definition) is 4. The van der Waals surface area contributed by atoms with Crippen molar-refractivity contribution < 1.29 is 9.59 Å². The predicted molar refractivity (Wildman–Crippen MR) is 185 cm³/mol. The average molecular weight is 605 g/mol. The van der Waals surface area contributed by atoms with Crippen LogP contribution in [0.2, 0.25) is 0 Å². The molecule has 0 aliphatic carbocycles. The van der Waals surface area contributed by atoms with Crippen LogP contribution in [0.15, 0.2) is 109 Å². The highest BCUT2D eigenvalue weighted by Crippen LogP contribution is 2.29. The Morgan fingerprint density at radius 1 is 0.543 bits per heavy atom. The van der Waals surface area contributed by atoms with E-state index in [4.69, 9.17) is 9.97 Å². The molecule has 6 heteroatoms. The number of carbonyl (C=O) groups is 2. The van der Waals surface area contributed by atoms with Crippen molar-refractivity contribution in [3.63, 3.8) is 0 Å². The van der Waals surface area contributed by atoms with Crippen molar-refractivity contribution in [1.29, 1.82) is 0 Å². The summed E-state index contributed by atoms with van der Waals surface area (Å²) in [6.45, 7) is 6.09. The topological polar surface area (TPSA) is 66.4 Å². The summed E-state index contributed by atoms with van der Waals surface area (Å²) >= 11 is 0. The lowest BCUT2D eigenvalue weighted by atomic mass is 10.0. The van der Waals surface area contributed by atoms with Gasteiger partial charge in [0.1, 0.15) is 0 Å². The van der Waals surface area contributed by atoms with Crippen molar-refractivity contribution in [3.05, 3.63) is 131 Å². The van der Waals surface area contributed by atoms with Gasteiger partial charge < -0.3 is 9.80 Å². The lowest BCUT2D eigenvalue weighted by Crippen LogP contribution is -2.50. The zero-order valence-electron chi connectivity index (χ0n) is 26.2. The Morgan fingerprint density at radius 3 is 1.28 bits per heavy atom. The first-order chi connectivity index (χ1) is 22.5. The summed E-state index contributed by atoms with van der Waals surface area (Å²) in [7, 11) is 0. The fraction of sp³-hybridized carbons (Fsp3) is 0.200. The normalized spacial score (nSPS) is 13.3. The number of hydrogen-bond donors (Lipinski definition) is 0. The molecule has 2 aromatic heterocycles. The van der Waals surface area contributed by atoms with Crippen molar-refractivity contribution in [2.24, 2.45) is 0 Å². The van der Waals surface area contributed by atoms with Gasteiger partial charge in [-0.05, 0) is 48.2 Å². The molecular formula is C40H36N4O2. The summed E-state index contributed by atoms with van der Waals surface area (Å²) < 4.78 is 0. The summed E-state index contributed by atoms with van der Waals surface area (Å²) in [5.74, 6) is -0.0754. The van der Waals surface area contributed by atoms with Crippen molar-refractivity contribution in [3.8, 4) is 22.5 Å². The minimum Gasteiger partial charge on any atom is -0.335 e. The van der Waals surface area contributed by atoms with Crippen LogP contribution in [0.5, 0.6) is 0 Å². The van der Waals surface area contributed by atoms with Gasteiger partial charge in [0.15, 0.2) is 0 Å². The molecule has 0 unspecified atom stereocenters. The molecule has 0 radical (unpaired) electrons. The van der Waals surface area contributed by atoms with Crippen molar-refractivity contribution in [1.82, 2.24) is 19.8 Å². The van der Waals surface area contributed by atoms with Crippen molar-refractivity contribution in [2.75, 3.05) is 26.2 Å². The smallest absolute Gasteiger partial charge is 0.254 e. The van der Waals surface area contributed by atoms with Gasteiger partial charge in [-0.1, -0.05) is 98.8 Å². The molecule has 2 amide bonds. The lowest BCUT2D eigenvalue weighted by molar-refractivity contribution is 0.0537. The van der Waals surface area contributed by atoms with Crippen LogP contribution in [-0.4, -0.2) is 57.8 Å². The predicted octanol–water partition coefficient (Wildman–Crippen LogP) is 7.84. The Kier molecular flexibility index (Phi) is 8.02. The number of aryl methyl sites for hydroxylation is 2. The quantitative estimate of drug-likeness (QED) is 0.194. The molecule has 46 heavy (non-hydrogen) atoms. The SMILES string of the molecule is CCc1ccc(-c2cc(C(=O)N3CCN(C(=O)c4cc(-c5ccc(CC)cc5)nc5ccccc45)CC3)c3ccccc3n2)cc1. The van der Waals surface area contributed by atoms with Gasteiger partial charge in [0.2, 0.25) is 0 Å². The van der Waals surface area contributed by atoms with Crippen LogP contribution in [0.1, 0.15) is 45.7 Å². The number of fused-ring (bicyclic) bond motifs is 2. The minimum absolute atomic E-state index is 0.0377. The van der Waals surface area contributed by atoms with E-state index in [-0.39, 0.29) is 11.8 Å². The van der Waals surface area contributed by atoms with Gasteiger partial charge in [0.05, 0.1) is 33.5 Å². The van der Waals surface area contributed by atoms with E-state index in [2.05, 4.69) is 62.4 Å². The second-order valence-electron chi connectivity index (χ2n) is 11.8. The molecule has 6 nitrogen and oxygen atoms in total. The number of benzene rings is 4. The number of carbonyl (C=O) groups excluding carboxylic acids is 2. The van der Waals surface area contributed by atoms with Gasteiger partial charge in [-0.15, -0.1) is 0 Å². The minimum atomic E-state index is -0.0377. The highest BCUT2D eigenvalue weighted by molar-refractivity contribution is 6.08. The first-order valence-corrected chi connectivity index (χ1v) is 16.1. The Morgan fingerprint density at radius 2 is 0.913 bits per heavy atom. The number of aromatic nitrogens is 2. The maximum absolute atomic E-state index is 14.1. The second-order valence-corrected chi connectivity index (χ2v) is 11.8. The number of rotatable bonds is 6. The fourth-order valence-electron chi connectivity index (χ4n) is 6.28. The van der Waals surface area contributed by atoms with Gasteiger partial charge in [0, 0.05) is 48.1 Å². The first-order valence-electron chi connectivity index (χ1n) is 16.1. The van der Waals surface area contributed by atoms with E-state index in [0.29, 0.717) is 37.3 Å². The highest BCUT2D eigenvalue weighted by Gasteiger charge is 2.28. The van der Waals surface area contributed by atoms with Gasteiger partial charge >= 0.3 is 0 Å². The molecule has 7 rings (SSSR count). The largest absolute Gasteiger partial charge is 0.335 e. The van der Waals surface area contributed by atoms with E-state index in [1.54, 1.807) is 0 Å². The summed E-state index contributed by atoms with van der Waals surface area (Å²) in [5.41, 5.74) is 8.91. The molecule has 3 heterocycles. The Hall–Kier alpha value is -5.36. The van der Waals surface area contributed by atoms with E-state index in [9.17, 15) is 9.59 Å². The fourth-order valence-corrected chi connectivity index (χ4v) is 6.28. The van der Waals surface area contributed by atoms with E-state index in [0.717, 1.165) is 57.2 Å². The molecule has 1 aliphatic rings. The summed E-state index contributed by atoms with van der Waals surface area (Å²) in [6.07, 6.45) is 1.93. The van der Waals surface area contributed by atoms with Crippen LogP contribution in [-0.2, 0) is 12.8 Å². The number of amides is 2. The van der Waals surface area contributed by atoms with E-state index in [1.165, 1.54) is 11.1 Å². The van der Waals surface area contributed by atoms with Crippen LogP contribution in [0.25, 0.3) is 44.3 Å². The molecule has 0 bridgehead atoms. The summed E-state index contributed by atoms with van der Waals surface area (Å²) in [6, 6.07) is 36.2. The van der Waals surface area contributed by atoms with Crippen LogP contribution >= 0.6 is 0 Å². The number of pyridine rings is 2. The molecular weight excluding hydrogens is 568 g/mol. The number of para-hydroxylation sites is 2. The third-order valence-electron chi connectivity index (χ3n) is 9.06. The van der Waals surface area contributed by atoms with Crippen molar-refractivity contribution in [2.45, 2.75) is 26.7 Å². The molecule has 0 saturated carbocycles. The molecule has 4 aromatic carbocycles. The molecule has 0 atom stereocenters. The first kappa shape index (κ1) is 29.4. The molecule has 6 aromatic rings. The Labute approximate surface area is 269 Å². The van der Waals surface area contributed by atoms with Crippen LogP contribution in [0, 0.1) is 0 Å². The van der Waals surface area contributed by atoms with Crippen molar-refractivity contribution >= 4 is 33.6 Å². The maximum Gasteiger partial charge on any atom is 0.254 e. The van der Waals surface area contributed by atoms with Crippen LogP contribution in [0.4, 0.5) is 0 Å².